The Labute approximate surface area is 165 Å². The number of anilines is 1. The molecule has 1 heterocycles. The van der Waals surface area contributed by atoms with Crippen LogP contribution in [0.3, 0.4) is 0 Å². The predicted molar refractivity (Wildman–Crippen MR) is 105 cm³/mol. The molecule has 0 unspecified atom stereocenters. The molecule has 2 aromatic carbocycles. The summed E-state index contributed by atoms with van der Waals surface area (Å²) in [4.78, 5) is 38.0. The third kappa shape index (κ3) is 3.11. The van der Waals surface area contributed by atoms with Crippen molar-refractivity contribution in [3.05, 3.63) is 71.0 Å². The van der Waals surface area contributed by atoms with E-state index in [1.807, 2.05) is 0 Å². The molecule has 4 rings (SSSR count). The van der Waals surface area contributed by atoms with Crippen molar-refractivity contribution >= 4 is 34.9 Å². The van der Waals surface area contributed by atoms with E-state index in [4.69, 9.17) is 0 Å². The van der Waals surface area contributed by atoms with E-state index in [0.717, 1.165) is 0 Å². The SMILES string of the molecule is C[C@H](Sc1nncn1C)C(=O)Nc1ccc2c(c1)C(=O)c1ccccc1C2=O. The highest BCUT2D eigenvalue weighted by Gasteiger charge is 2.29. The van der Waals surface area contributed by atoms with Crippen LogP contribution in [-0.2, 0) is 11.8 Å². The van der Waals surface area contributed by atoms with Gasteiger partial charge in [-0.3, -0.25) is 14.4 Å². The molecule has 28 heavy (non-hydrogen) atoms. The van der Waals surface area contributed by atoms with Crippen LogP contribution in [0.4, 0.5) is 5.69 Å². The third-order valence-electron chi connectivity index (χ3n) is 4.51. The summed E-state index contributed by atoms with van der Waals surface area (Å²) < 4.78 is 1.73. The van der Waals surface area contributed by atoms with Crippen LogP contribution in [0.2, 0.25) is 0 Å². The van der Waals surface area contributed by atoms with Crippen LogP contribution in [-0.4, -0.2) is 37.5 Å². The summed E-state index contributed by atoms with van der Waals surface area (Å²) in [5, 5.41) is 10.8. The zero-order valence-corrected chi connectivity index (χ0v) is 16.0. The maximum atomic E-state index is 12.8. The Balaban J connectivity index is 1.56. The van der Waals surface area contributed by atoms with E-state index < -0.39 is 5.25 Å². The van der Waals surface area contributed by atoms with Gasteiger partial charge in [-0.05, 0) is 25.1 Å². The number of thioether (sulfide) groups is 1. The first kappa shape index (κ1) is 18.1. The molecule has 3 aromatic rings. The van der Waals surface area contributed by atoms with Gasteiger partial charge in [0.15, 0.2) is 16.7 Å². The van der Waals surface area contributed by atoms with Gasteiger partial charge in [0, 0.05) is 35.0 Å². The molecule has 0 spiro atoms. The maximum absolute atomic E-state index is 12.8. The number of hydrogen-bond acceptors (Lipinski definition) is 6. The first-order valence-electron chi connectivity index (χ1n) is 8.59. The molecule has 0 aliphatic heterocycles. The summed E-state index contributed by atoms with van der Waals surface area (Å²) in [6, 6.07) is 11.5. The minimum atomic E-state index is -0.419. The van der Waals surface area contributed by atoms with E-state index in [0.29, 0.717) is 33.1 Å². The smallest absolute Gasteiger partial charge is 0.237 e. The number of carbonyl (C=O) groups excluding carboxylic acids is 3. The number of fused-ring (bicyclic) bond motifs is 2. The number of ketones is 2. The van der Waals surface area contributed by atoms with Gasteiger partial charge < -0.3 is 9.88 Å². The Morgan fingerprint density at radius 2 is 1.68 bits per heavy atom. The van der Waals surface area contributed by atoms with Gasteiger partial charge in [-0.15, -0.1) is 10.2 Å². The number of nitrogens with one attached hydrogen (secondary N) is 1. The highest BCUT2D eigenvalue weighted by molar-refractivity contribution is 8.00. The number of aromatic nitrogens is 3. The van der Waals surface area contributed by atoms with Crippen LogP contribution in [0.25, 0.3) is 0 Å². The Bertz CT molecular complexity index is 1120. The standard InChI is InChI=1S/C20H16N4O3S/c1-11(28-20-23-21-10-24(20)2)19(27)22-12-7-8-15-16(9-12)18(26)14-6-4-3-5-13(14)17(15)25/h3-11H,1-2H3,(H,22,27)/t11-/m0/s1. The number of hydrogen-bond donors (Lipinski definition) is 1. The number of benzene rings is 2. The second-order valence-corrected chi connectivity index (χ2v) is 7.75. The molecule has 0 saturated carbocycles. The third-order valence-corrected chi connectivity index (χ3v) is 5.66. The second-order valence-electron chi connectivity index (χ2n) is 6.44. The molecule has 1 amide bonds. The van der Waals surface area contributed by atoms with Gasteiger partial charge >= 0.3 is 0 Å². The van der Waals surface area contributed by atoms with Crippen molar-refractivity contribution in [3.63, 3.8) is 0 Å². The Morgan fingerprint density at radius 1 is 1.04 bits per heavy atom. The van der Waals surface area contributed by atoms with Crippen molar-refractivity contribution in [2.75, 3.05) is 5.32 Å². The summed E-state index contributed by atoms with van der Waals surface area (Å²) >= 11 is 1.28. The monoisotopic (exact) mass is 392 g/mol. The Kier molecular flexibility index (Phi) is 4.56. The van der Waals surface area contributed by atoms with Gasteiger partial charge in [0.05, 0.1) is 5.25 Å². The van der Waals surface area contributed by atoms with E-state index in [2.05, 4.69) is 15.5 Å². The van der Waals surface area contributed by atoms with E-state index in [1.165, 1.54) is 11.8 Å². The fraction of sp³-hybridized carbons (Fsp3) is 0.150. The summed E-state index contributed by atoms with van der Waals surface area (Å²) in [6.45, 7) is 1.76. The van der Waals surface area contributed by atoms with Gasteiger partial charge in [0.1, 0.15) is 6.33 Å². The van der Waals surface area contributed by atoms with Crippen molar-refractivity contribution < 1.29 is 14.4 Å². The summed E-state index contributed by atoms with van der Waals surface area (Å²) in [6.07, 6.45) is 1.57. The van der Waals surface area contributed by atoms with Crippen LogP contribution < -0.4 is 5.32 Å². The second kappa shape index (κ2) is 7.05. The van der Waals surface area contributed by atoms with Crippen LogP contribution in [0.1, 0.15) is 38.8 Å². The molecular formula is C20H16N4O3S. The Morgan fingerprint density at radius 3 is 2.32 bits per heavy atom. The predicted octanol–water partition coefficient (Wildman–Crippen LogP) is 2.71. The lowest BCUT2D eigenvalue weighted by molar-refractivity contribution is -0.115. The number of nitrogens with zero attached hydrogens (tertiary/aromatic N) is 3. The van der Waals surface area contributed by atoms with Crippen molar-refractivity contribution in [2.45, 2.75) is 17.3 Å². The zero-order valence-electron chi connectivity index (χ0n) is 15.2. The fourth-order valence-corrected chi connectivity index (χ4v) is 3.80. The highest BCUT2D eigenvalue weighted by Crippen LogP contribution is 2.29. The topological polar surface area (TPSA) is 93.9 Å². The van der Waals surface area contributed by atoms with Crippen molar-refractivity contribution in [1.29, 1.82) is 0 Å². The first-order valence-corrected chi connectivity index (χ1v) is 9.47. The lowest BCUT2D eigenvalue weighted by atomic mass is 9.84. The molecule has 8 heteroatoms. The van der Waals surface area contributed by atoms with Crippen LogP contribution in [0, 0.1) is 0 Å². The number of aryl methyl sites for hydroxylation is 1. The molecule has 0 saturated heterocycles. The summed E-state index contributed by atoms with van der Waals surface area (Å²) in [7, 11) is 1.80. The number of carbonyl (C=O) groups is 3. The van der Waals surface area contributed by atoms with E-state index in [9.17, 15) is 14.4 Å². The molecule has 1 aliphatic carbocycles. The normalized spacial score (nSPS) is 13.6. The van der Waals surface area contributed by atoms with E-state index in [1.54, 1.807) is 67.3 Å². The molecule has 0 fully saturated rings. The molecule has 1 aliphatic rings. The van der Waals surface area contributed by atoms with E-state index >= 15 is 0 Å². The van der Waals surface area contributed by atoms with Gasteiger partial charge in [-0.1, -0.05) is 36.0 Å². The van der Waals surface area contributed by atoms with Gasteiger partial charge in [-0.2, -0.15) is 0 Å². The van der Waals surface area contributed by atoms with Gasteiger partial charge in [0.2, 0.25) is 5.91 Å². The fourth-order valence-electron chi connectivity index (χ4n) is 3.01. The Hall–Kier alpha value is -3.26. The summed E-state index contributed by atoms with van der Waals surface area (Å²) in [5.41, 5.74) is 1.91. The number of rotatable bonds is 4. The maximum Gasteiger partial charge on any atom is 0.237 e. The average Bonchev–Trinajstić information content (AvgIpc) is 3.10. The van der Waals surface area contributed by atoms with Crippen molar-refractivity contribution in [2.24, 2.45) is 7.05 Å². The quantitative estimate of drug-likeness (QED) is 0.537. The van der Waals surface area contributed by atoms with Gasteiger partial charge in [0.25, 0.3) is 0 Å². The lowest BCUT2D eigenvalue weighted by Gasteiger charge is -2.18. The van der Waals surface area contributed by atoms with Crippen LogP contribution >= 0.6 is 11.8 Å². The molecule has 1 N–H and O–H groups in total. The van der Waals surface area contributed by atoms with Crippen LogP contribution in [0.15, 0.2) is 53.9 Å². The summed E-state index contributed by atoms with van der Waals surface area (Å²) in [5.74, 6) is -0.639. The minimum Gasteiger partial charge on any atom is -0.325 e. The molecule has 1 aromatic heterocycles. The average molecular weight is 392 g/mol. The molecular weight excluding hydrogens is 376 g/mol. The largest absolute Gasteiger partial charge is 0.325 e. The molecule has 0 bridgehead atoms. The highest BCUT2D eigenvalue weighted by atomic mass is 32.2. The van der Waals surface area contributed by atoms with Crippen molar-refractivity contribution in [1.82, 2.24) is 14.8 Å². The zero-order chi connectivity index (χ0) is 19.8. The molecule has 7 nitrogen and oxygen atoms in total. The molecule has 0 radical (unpaired) electrons. The molecule has 1 atom stereocenters. The van der Waals surface area contributed by atoms with E-state index in [-0.39, 0.29) is 17.5 Å². The molecule has 140 valence electrons. The van der Waals surface area contributed by atoms with Crippen LogP contribution in [0.5, 0.6) is 0 Å². The number of amides is 1. The first-order chi connectivity index (χ1) is 13.5. The van der Waals surface area contributed by atoms with Crippen molar-refractivity contribution in [3.8, 4) is 0 Å². The minimum absolute atomic E-state index is 0.186. The van der Waals surface area contributed by atoms with Gasteiger partial charge in [-0.25, -0.2) is 0 Å². The lowest BCUT2D eigenvalue weighted by Crippen LogP contribution is -2.24.